The third-order valence-corrected chi connectivity index (χ3v) is 8.24. The number of ether oxygens (including phenoxy) is 1. The van der Waals surface area contributed by atoms with E-state index >= 15 is 0 Å². The number of furan rings is 1. The van der Waals surface area contributed by atoms with Gasteiger partial charge in [-0.15, -0.1) is 11.8 Å². The summed E-state index contributed by atoms with van der Waals surface area (Å²) >= 11 is 15.3. The topological polar surface area (TPSA) is 73.8 Å². The van der Waals surface area contributed by atoms with E-state index in [1.165, 1.54) is 18.4 Å². The Labute approximate surface area is 230 Å². The van der Waals surface area contributed by atoms with E-state index in [1.807, 2.05) is 30.5 Å². The number of nitrogens with zero attached hydrogens (tertiary/aromatic N) is 2. The van der Waals surface area contributed by atoms with Gasteiger partial charge in [-0.1, -0.05) is 46.7 Å². The molecule has 188 valence electrons. The van der Waals surface area contributed by atoms with Crippen LogP contribution in [0.1, 0.15) is 24.3 Å². The predicted octanol–water partition coefficient (Wildman–Crippen LogP) is 5.70. The first-order valence-electron chi connectivity index (χ1n) is 11.1. The van der Waals surface area contributed by atoms with E-state index in [0.29, 0.717) is 47.7 Å². The molecule has 10 heteroatoms. The largest absolute Gasteiger partial charge is 0.466 e. The van der Waals surface area contributed by atoms with Crippen molar-refractivity contribution < 1.29 is 13.9 Å². The van der Waals surface area contributed by atoms with Crippen LogP contribution in [0.15, 0.2) is 85.0 Å². The Morgan fingerprint density at radius 3 is 2.62 bits per heavy atom. The van der Waals surface area contributed by atoms with E-state index in [2.05, 4.69) is 4.99 Å². The maximum absolute atomic E-state index is 13.7. The van der Waals surface area contributed by atoms with Gasteiger partial charge in [-0.2, -0.15) is 0 Å². The molecule has 6 nitrogen and oxygen atoms in total. The van der Waals surface area contributed by atoms with Gasteiger partial charge in [-0.05, 0) is 61.2 Å². The van der Waals surface area contributed by atoms with Gasteiger partial charge in [0.1, 0.15) is 11.5 Å². The predicted molar refractivity (Wildman–Crippen MR) is 148 cm³/mol. The Hall–Kier alpha value is -3.04. The summed E-state index contributed by atoms with van der Waals surface area (Å²) in [4.78, 5) is 32.6. The molecule has 2 aromatic heterocycles. The standard InChI is InChI=1S/C27H20Cl2N2O4S2/c1-14-23(26(33)34-2)24(15-4-8-18(36-3)9-5-15)31-25(32)22(37-27(31)30-14)13-17-7-11-21(35-17)19-12-16(28)6-10-20(19)29/h4-13,24H,1-3H3/b22-13-. The average Bonchev–Trinajstić information content (AvgIpc) is 3.48. The zero-order valence-corrected chi connectivity index (χ0v) is 23.1. The zero-order valence-electron chi connectivity index (χ0n) is 20.0. The molecule has 1 aliphatic heterocycles. The number of hydrogen-bond acceptors (Lipinski definition) is 7. The molecule has 3 heterocycles. The fourth-order valence-electron chi connectivity index (χ4n) is 4.18. The average molecular weight is 572 g/mol. The van der Waals surface area contributed by atoms with E-state index in [9.17, 15) is 9.59 Å². The maximum Gasteiger partial charge on any atom is 0.338 e. The van der Waals surface area contributed by atoms with Crippen molar-refractivity contribution in [3.8, 4) is 11.3 Å². The van der Waals surface area contributed by atoms with Crippen LogP contribution in [0.2, 0.25) is 10.0 Å². The summed E-state index contributed by atoms with van der Waals surface area (Å²) in [5.74, 6) is 0.478. The van der Waals surface area contributed by atoms with Crippen molar-refractivity contribution in [2.24, 2.45) is 4.99 Å². The molecule has 0 amide bonds. The second kappa shape index (κ2) is 10.4. The molecular weight excluding hydrogens is 551 g/mol. The molecule has 0 saturated heterocycles. The van der Waals surface area contributed by atoms with Gasteiger partial charge in [0.25, 0.3) is 5.56 Å². The minimum Gasteiger partial charge on any atom is -0.466 e. The number of carbonyl (C=O) groups is 1. The van der Waals surface area contributed by atoms with Crippen molar-refractivity contribution in [3.05, 3.63) is 107 Å². The maximum atomic E-state index is 13.7. The smallest absolute Gasteiger partial charge is 0.338 e. The Balaban J connectivity index is 1.64. The van der Waals surface area contributed by atoms with Gasteiger partial charge in [0.2, 0.25) is 0 Å². The number of carbonyl (C=O) groups excluding carboxylic acids is 1. The lowest BCUT2D eigenvalue weighted by molar-refractivity contribution is -0.136. The summed E-state index contributed by atoms with van der Waals surface area (Å²) < 4.78 is 13.0. The molecule has 1 aliphatic rings. The third kappa shape index (κ3) is 4.82. The van der Waals surface area contributed by atoms with Crippen LogP contribution in [-0.2, 0) is 9.53 Å². The number of thiazole rings is 1. The quantitative estimate of drug-likeness (QED) is 0.227. The highest BCUT2D eigenvalue weighted by molar-refractivity contribution is 7.98. The molecule has 0 aliphatic carbocycles. The SMILES string of the molecule is COC(=O)C1=C(C)N=c2s/c(=C\c3ccc(-c4cc(Cl)ccc4Cl)o3)c(=O)n2C1c1ccc(SC)cc1. The molecule has 1 atom stereocenters. The van der Waals surface area contributed by atoms with Crippen molar-refractivity contribution in [2.75, 3.05) is 13.4 Å². The Bertz CT molecular complexity index is 1730. The number of hydrogen-bond donors (Lipinski definition) is 0. The molecule has 0 spiro atoms. The number of halogens is 2. The first-order valence-corrected chi connectivity index (χ1v) is 13.9. The normalized spacial score (nSPS) is 15.5. The first kappa shape index (κ1) is 25.6. The summed E-state index contributed by atoms with van der Waals surface area (Å²) in [5, 5.41) is 1.04. The van der Waals surface area contributed by atoms with E-state index in [4.69, 9.17) is 32.4 Å². The minimum absolute atomic E-state index is 0.282. The highest BCUT2D eigenvalue weighted by Crippen LogP contribution is 2.33. The van der Waals surface area contributed by atoms with Crippen molar-refractivity contribution in [2.45, 2.75) is 17.9 Å². The van der Waals surface area contributed by atoms with Crippen LogP contribution in [0.4, 0.5) is 0 Å². The second-order valence-corrected chi connectivity index (χ2v) is 10.9. The summed E-state index contributed by atoms with van der Waals surface area (Å²) in [6.07, 6.45) is 3.65. The van der Waals surface area contributed by atoms with Crippen LogP contribution in [0.25, 0.3) is 17.4 Å². The number of aromatic nitrogens is 1. The van der Waals surface area contributed by atoms with Crippen LogP contribution < -0.4 is 14.9 Å². The van der Waals surface area contributed by atoms with Gasteiger partial charge in [0.05, 0.1) is 34.0 Å². The number of thioether (sulfide) groups is 1. The summed E-state index contributed by atoms with van der Waals surface area (Å²) in [6.45, 7) is 1.75. The fourth-order valence-corrected chi connectivity index (χ4v) is 6.00. The lowest BCUT2D eigenvalue weighted by atomic mass is 9.96. The molecular formula is C27H20Cl2N2O4S2. The van der Waals surface area contributed by atoms with E-state index in [1.54, 1.807) is 59.7 Å². The number of fused-ring (bicyclic) bond motifs is 1. The van der Waals surface area contributed by atoms with Crippen molar-refractivity contribution in [1.82, 2.24) is 4.57 Å². The Morgan fingerprint density at radius 2 is 1.92 bits per heavy atom. The summed E-state index contributed by atoms with van der Waals surface area (Å²) in [6, 6.07) is 15.8. The fraction of sp³-hybridized carbons (Fsp3) is 0.148. The van der Waals surface area contributed by atoms with Crippen LogP contribution in [0.5, 0.6) is 0 Å². The highest BCUT2D eigenvalue weighted by Gasteiger charge is 2.33. The van der Waals surface area contributed by atoms with E-state index < -0.39 is 12.0 Å². The first-order chi connectivity index (χ1) is 17.8. The van der Waals surface area contributed by atoms with Crippen molar-refractivity contribution in [3.63, 3.8) is 0 Å². The number of rotatable bonds is 5. The monoisotopic (exact) mass is 570 g/mol. The zero-order chi connectivity index (χ0) is 26.3. The highest BCUT2D eigenvalue weighted by atomic mass is 35.5. The molecule has 0 bridgehead atoms. The molecule has 1 unspecified atom stereocenters. The molecule has 4 aromatic rings. The van der Waals surface area contributed by atoms with Gasteiger partial charge in [0.15, 0.2) is 4.80 Å². The van der Waals surface area contributed by atoms with Gasteiger partial charge in [-0.3, -0.25) is 9.36 Å². The van der Waals surface area contributed by atoms with Crippen LogP contribution in [0.3, 0.4) is 0 Å². The van der Waals surface area contributed by atoms with Gasteiger partial charge < -0.3 is 9.15 Å². The Morgan fingerprint density at radius 1 is 1.16 bits per heavy atom. The molecule has 5 rings (SSSR count). The second-order valence-electron chi connectivity index (χ2n) is 8.17. The molecule has 0 saturated carbocycles. The van der Waals surface area contributed by atoms with E-state index in [0.717, 1.165) is 10.5 Å². The van der Waals surface area contributed by atoms with E-state index in [-0.39, 0.29) is 5.56 Å². The molecule has 2 aromatic carbocycles. The van der Waals surface area contributed by atoms with Crippen molar-refractivity contribution >= 4 is 58.3 Å². The molecule has 0 N–H and O–H groups in total. The van der Waals surface area contributed by atoms with Gasteiger partial charge >= 0.3 is 5.97 Å². The Kier molecular flexibility index (Phi) is 7.18. The van der Waals surface area contributed by atoms with Crippen molar-refractivity contribution in [1.29, 1.82) is 0 Å². The molecule has 37 heavy (non-hydrogen) atoms. The van der Waals surface area contributed by atoms with Crippen LogP contribution >= 0.6 is 46.3 Å². The van der Waals surface area contributed by atoms with Gasteiger partial charge in [-0.25, -0.2) is 9.79 Å². The van der Waals surface area contributed by atoms with Crippen LogP contribution in [-0.4, -0.2) is 23.9 Å². The summed E-state index contributed by atoms with van der Waals surface area (Å²) in [5.41, 5.74) is 2.00. The number of methoxy groups -OCH3 is 1. The summed E-state index contributed by atoms with van der Waals surface area (Å²) in [7, 11) is 1.32. The number of benzene rings is 2. The lowest BCUT2D eigenvalue weighted by Crippen LogP contribution is -2.39. The molecule has 0 fully saturated rings. The minimum atomic E-state index is -0.667. The number of allylic oxidation sites excluding steroid dienone is 1. The molecule has 0 radical (unpaired) electrons. The van der Waals surface area contributed by atoms with Crippen LogP contribution in [0, 0.1) is 0 Å². The number of esters is 1. The lowest BCUT2D eigenvalue weighted by Gasteiger charge is -2.24. The van der Waals surface area contributed by atoms with Gasteiger partial charge in [0, 0.05) is 21.6 Å². The third-order valence-electron chi connectivity index (χ3n) is 5.95.